The molecule has 0 aliphatic rings. The molecule has 6 nitrogen and oxygen atoms in total. The quantitative estimate of drug-likeness (QED) is 0.683. The lowest BCUT2D eigenvalue weighted by Crippen LogP contribution is -2.34. The van der Waals surface area contributed by atoms with Crippen molar-refractivity contribution in [2.24, 2.45) is 0 Å². The van der Waals surface area contributed by atoms with Crippen LogP contribution in [0.2, 0.25) is 0 Å². The van der Waals surface area contributed by atoms with Gasteiger partial charge in [-0.05, 0) is 46.3 Å². The Morgan fingerprint density at radius 2 is 2.04 bits per heavy atom. The molecule has 148 valence electrons. The van der Waals surface area contributed by atoms with Crippen LogP contribution in [0.25, 0.3) is 0 Å². The first-order chi connectivity index (χ1) is 13.1. The van der Waals surface area contributed by atoms with Crippen LogP contribution in [0.1, 0.15) is 15.2 Å². The van der Waals surface area contributed by atoms with Crippen molar-refractivity contribution in [1.82, 2.24) is 4.90 Å². The monoisotopic (exact) mass is 475 g/mol. The molecular formula is C17H13BrF3N3O3S. The normalized spacial score (nSPS) is 10.9. The van der Waals surface area contributed by atoms with Gasteiger partial charge >= 0.3 is 6.18 Å². The van der Waals surface area contributed by atoms with Crippen LogP contribution in [-0.2, 0) is 4.79 Å². The molecule has 0 radical (unpaired) electrons. The summed E-state index contributed by atoms with van der Waals surface area (Å²) in [6, 6.07) is 8.74. The number of ether oxygens (including phenoxy) is 1. The molecule has 0 saturated carbocycles. The van der Waals surface area contributed by atoms with E-state index in [1.807, 2.05) is 0 Å². The van der Waals surface area contributed by atoms with Crippen molar-refractivity contribution in [3.05, 3.63) is 44.6 Å². The summed E-state index contributed by atoms with van der Waals surface area (Å²) in [5.74, 6) is -1.10. The second-order valence-electron chi connectivity index (χ2n) is 5.54. The highest BCUT2D eigenvalue weighted by molar-refractivity contribution is 9.11. The Hall–Kier alpha value is -2.58. The van der Waals surface area contributed by atoms with Crippen molar-refractivity contribution in [2.45, 2.75) is 6.18 Å². The van der Waals surface area contributed by atoms with E-state index in [0.717, 1.165) is 9.85 Å². The smallest absolute Gasteiger partial charge is 0.422 e. The molecule has 0 bridgehead atoms. The minimum Gasteiger partial charge on any atom is -0.483 e. The third-order valence-corrected chi connectivity index (χ3v) is 4.90. The zero-order valence-corrected chi connectivity index (χ0v) is 16.7. The molecule has 0 saturated heterocycles. The van der Waals surface area contributed by atoms with E-state index in [4.69, 9.17) is 5.26 Å². The number of carbonyl (C=O) groups excluding carboxylic acids is 2. The fourth-order valence-electron chi connectivity index (χ4n) is 2.09. The van der Waals surface area contributed by atoms with E-state index in [1.165, 1.54) is 35.4 Å². The molecule has 0 spiro atoms. The summed E-state index contributed by atoms with van der Waals surface area (Å²) in [7, 11) is 1.46. The van der Waals surface area contributed by atoms with Gasteiger partial charge in [-0.25, -0.2) is 0 Å². The number of amides is 2. The molecule has 1 aromatic carbocycles. The van der Waals surface area contributed by atoms with Crippen LogP contribution in [0.15, 0.2) is 34.1 Å². The summed E-state index contributed by atoms with van der Waals surface area (Å²) < 4.78 is 42.1. The number of hydrogen-bond donors (Lipinski definition) is 1. The van der Waals surface area contributed by atoms with E-state index in [0.29, 0.717) is 4.88 Å². The first kappa shape index (κ1) is 21.7. The molecule has 11 heteroatoms. The number of nitriles is 1. The van der Waals surface area contributed by atoms with Crippen molar-refractivity contribution < 1.29 is 27.5 Å². The van der Waals surface area contributed by atoms with Gasteiger partial charge < -0.3 is 15.0 Å². The van der Waals surface area contributed by atoms with Gasteiger partial charge in [0.2, 0.25) is 5.91 Å². The highest BCUT2D eigenvalue weighted by atomic mass is 79.9. The Kier molecular flexibility index (Phi) is 7.04. The lowest BCUT2D eigenvalue weighted by molar-refractivity contribution is -0.153. The number of likely N-dealkylation sites (N-methyl/N-ethyl adjacent to an activating group) is 1. The predicted octanol–water partition coefficient (Wildman–Crippen LogP) is 4.03. The molecule has 0 fully saturated rings. The lowest BCUT2D eigenvalue weighted by atomic mass is 10.2. The van der Waals surface area contributed by atoms with Gasteiger partial charge in [0.25, 0.3) is 5.91 Å². The summed E-state index contributed by atoms with van der Waals surface area (Å²) in [6.07, 6.45) is -4.53. The maximum Gasteiger partial charge on any atom is 0.422 e. The summed E-state index contributed by atoms with van der Waals surface area (Å²) in [6.45, 7) is -1.78. The number of alkyl halides is 3. The molecular weight excluding hydrogens is 463 g/mol. The summed E-state index contributed by atoms with van der Waals surface area (Å²) >= 11 is 4.49. The van der Waals surface area contributed by atoms with E-state index in [1.54, 1.807) is 18.2 Å². The zero-order valence-electron chi connectivity index (χ0n) is 14.3. The summed E-state index contributed by atoms with van der Waals surface area (Å²) in [4.78, 5) is 26.0. The van der Waals surface area contributed by atoms with E-state index in [9.17, 15) is 22.8 Å². The number of thiophene rings is 1. The van der Waals surface area contributed by atoms with Crippen molar-refractivity contribution in [2.75, 3.05) is 25.5 Å². The molecule has 0 atom stereocenters. The van der Waals surface area contributed by atoms with Crippen LogP contribution in [-0.4, -0.2) is 43.1 Å². The van der Waals surface area contributed by atoms with Crippen LogP contribution in [0.4, 0.5) is 18.9 Å². The first-order valence-electron chi connectivity index (χ1n) is 7.63. The Labute approximate surface area is 170 Å². The van der Waals surface area contributed by atoms with Gasteiger partial charge in [-0.15, -0.1) is 11.3 Å². The van der Waals surface area contributed by atoms with Crippen molar-refractivity contribution in [3.63, 3.8) is 0 Å². The molecule has 0 aliphatic heterocycles. The van der Waals surface area contributed by atoms with Gasteiger partial charge in [-0.1, -0.05) is 0 Å². The number of halogens is 4. The van der Waals surface area contributed by atoms with Crippen molar-refractivity contribution in [1.29, 1.82) is 5.26 Å². The number of benzene rings is 1. The number of rotatable bonds is 6. The van der Waals surface area contributed by atoms with Gasteiger partial charge in [0, 0.05) is 12.7 Å². The SMILES string of the molecule is CN(CC(=O)Nc1ccc(OCC(F)(F)F)c(C#N)c1)C(=O)c1ccc(Br)s1. The average molecular weight is 476 g/mol. The van der Waals surface area contributed by atoms with Gasteiger partial charge in [0.1, 0.15) is 11.8 Å². The van der Waals surface area contributed by atoms with E-state index >= 15 is 0 Å². The number of nitrogens with zero attached hydrogens (tertiary/aromatic N) is 2. The van der Waals surface area contributed by atoms with Crippen LogP contribution < -0.4 is 10.1 Å². The Balaban J connectivity index is 1.99. The Bertz CT molecular complexity index is 924. The first-order valence-corrected chi connectivity index (χ1v) is 9.24. The Morgan fingerprint density at radius 1 is 1.32 bits per heavy atom. The standard InChI is InChI=1S/C17H13BrF3N3O3S/c1-24(16(26)13-4-5-14(18)28-13)8-15(25)23-11-2-3-12(10(6-11)7-22)27-9-17(19,20)21/h2-6H,8-9H2,1H3,(H,23,25). The van der Waals surface area contributed by atoms with Crippen molar-refractivity contribution >= 4 is 44.8 Å². The summed E-state index contributed by atoms with van der Waals surface area (Å²) in [5.41, 5.74) is 0.0375. The molecule has 2 rings (SSSR count). The largest absolute Gasteiger partial charge is 0.483 e. The summed E-state index contributed by atoms with van der Waals surface area (Å²) in [5, 5.41) is 11.6. The maximum atomic E-state index is 12.2. The molecule has 1 heterocycles. The van der Waals surface area contributed by atoms with Gasteiger partial charge in [0.05, 0.1) is 20.8 Å². The molecule has 2 amide bonds. The number of nitrogens with one attached hydrogen (secondary N) is 1. The Morgan fingerprint density at radius 3 is 2.61 bits per heavy atom. The van der Waals surface area contributed by atoms with Gasteiger partial charge in [-0.2, -0.15) is 18.4 Å². The zero-order chi connectivity index (χ0) is 20.9. The molecule has 2 aromatic rings. The van der Waals surface area contributed by atoms with Crippen LogP contribution >= 0.6 is 27.3 Å². The molecule has 1 N–H and O–H groups in total. The number of carbonyl (C=O) groups is 2. The lowest BCUT2D eigenvalue weighted by Gasteiger charge is -2.16. The van der Waals surface area contributed by atoms with Crippen LogP contribution in [0, 0.1) is 11.3 Å². The van der Waals surface area contributed by atoms with Crippen molar-refractivity contribution in [3.8, 4) is 11.8 Å². The minimum absolute atomic E-state index is 0.157. The highest BCUT2D eigenvalue weighted by Gasteiger charge is 2.29. The topological polar surface area (TPSA) is 82.4 Å². The molecule has 1 aromatic heterocycles. The fourth-order valence-corrected chi connectivity index (χ4v) is 3.47. The maximum absolute atomic E-state index is 12.2. The van der Waals surface area contributed by atoms with Crippen LogP contribution in [0.3, 0.4) is 0 Å². The fraction of sp³-hybridized carbons (Fsp3) is 0.235. The van der Waals surface area contributed by atoms with E-state index in [2.05, 4.69) is 26.0 Å². The van der Waals surface area contributed by atoms with E-state index in [-0.39, 0.29) is 29.5 Å². The average Bonchev–Trinajstić information content (AvgIpc) is 3.05. The third kappa shape index (κ3) is 6.24. The predicted molar refractivity (Wildman–Crippen MR) is 100 cm³/mol. The second kappa shape index (κ2) is 9.07. The van der Waals surface area contributed by atoms with Crippen LogP contribution in [0.5, 0.6) is 5.75 Å². The van der Waals surface area contributed by atoms with E-state index < -0.39 is 18.7 Å². The highest BCUT2D eigenvalue weighted by Crippen LogP contribution is 2.25. The number of hydrogen-bond acceptors (Lipinski definition) is 5. The van der Waals surface area contributed by atoms with Gasteiger partial charge in [-0.3, -0.25) is 9.59 Å². The third-order valence-electron chi connectivity index (χ3n) is 3.29. The molecule has 28 heavy (non-hydrogen) atoms. The second-order valence-corrected chi connectivity index (χ2v) is 8.00. The molecule has 0 aliphatic carbocycles. The van der Waals surface area contributed by atoms with Gasteiger partial charge in [0.15, 0.2) is 6.61 Å². The number of anilines is 1. The minimum atomic E-state index is -4.53. The molecule has 0 unspecified atom stereocenters.